The van der Waals surface area contributed by atoms with Gasteiger partial charge in [-0.3, -0.25) is 9.36 Å². The van der Waals surface area contributed by atoms with Gasteiger partial charge < -0.3 is 15.0 Å². The number of thioether (sulfide) groups is 1. The number of hydrogen-bond donors (Lipinski definition) is 1. The average molecular weight is 473 g/mol. The summed E-state index contributed by atoms with van der Waals surface area (Å²) in [6, 6.07) is 7.41. The zero-order valence-electron chi connectivity index (χ0n) is 20.1. The third kappa shape index (κ3) is 6.84. The molecule has 0 radical (unpaired) electrons. The Morgan fingerprint density at radius 1 is 1.18 bits per heavy atom. The molecular formula is C25H36N4O3S. The van der Waals surface area contributed by atoms with E-state index in [2.05, 4.69) is 29.0 Å². The van der Waals surface area contributed by atoms with Gasteiger partial charge in [0, 0.05) is 17.8 Å². The van der Waals surface area contributed by atoms with Crippen molar-refractivity contribution in [3.63, 3.8) is 0 Å². The van der Waals surface area contributed by atoms with Crippen molar-refractivity contribution in [1.29, 1.82) is 0 Å². The molecule has 0 aliphatic heterocycles. The summed E-state index contributed by atoms with van der Waals surface area (Å²) in [4.78, 5) is 32.3. The van der Waals surface area contributed by atoms with Crippen molar-refractivity contribution in [2.75, 3.05) is 37.3 Å². The van der Waals surface area contributed by atoms with E-state index in [1.807, 2.05) is 35.8 Å². The SMILES string of the molecule is CCOc1ccccc1NC(=O)CSc1nc(=O)n(CCCN(CC)CC)c2c1CCCC2. The molecule has 0 saturated carbocycles. The fourth-order valence-corrected chi connectivity index (χ4v) is 5.14. The smallest absolute Gasteiger partial charge is 0.348 e. The number of ether oxygens (including phenoxy) is 1. The Labute approximate surface area is 200 Å². The van der Waals surface area contributed by atoms with Crippen LogP contribution in [0, 0.1) is 0 Å². The van der Waals surface area contributed by atoms with Gasteiger partial charge in [-0.25, -0.2) is 4.79 Å². The fourth-order valence-electron chi connectivity index (χ4n) is 4.26. The quantitative estimate of drug-likeness (QED) is 0.372. The Hall–Kier alpha value is -2.32. The third-order valence-electron chi connectivity index (χ3n) is 6.00. The van der Waals surface area contributed by atoms with Crippen molar-refractivity contribution in [3.05, 3.63) is 46.0 Å². The lowest BCUT2D eigenvalue weighted by Gasteiger charge is -2.24. The molecule has 7 nitrogen and oxygen atoms in total. The van der Waals surface area contributed by atoms with Gasteiger partial charge in [0.1, 0.15) is 10.8 Å². The van der Waals surface area contributed by atoms with E-state index in [-0.39, 0.29) is 17.3 Å². The van der Waals surface area contributed by atoms with E-state index >= 15 is 0 Å². The number of para-hydroxylation sites is 2. The van der Waals surface area contributed by atoms with Crippen molar-refractivity contribution in [1.82, 2.24) is 14.5 Å². The lowest BCUT2D eigenvalue weighted by molar-refractivity contribution is -0.113. The van der Waals surface area contributed by atoms with Crippen molar-refractivity contribution >= 4 is 23.4 Å². The van der Waals surface area contributed by atoms with Gasteiger partial charge in [-0.05, 0) is 70.8 Å². The van der Waals surface area contributed by atoms with E-state index in [1.54, 1.807) is 0 Å². The van der Waals surface area contributed by atoms with Gasteiger partial charge in [-0.15, -0.1) is 0 Å². The van der Waals surface area contributed by atoms with Crippen LogP contribution in [0.3, 0.4) is 0 Å². The van der Waals surface area contributed by atoms with Crippen LogP contribution in [0.5, 0.6) is 5.75 Å². The van der Waals surface area contributed by atoms with E-state index in [0.29, 0.717) is 29.6 Å². The molecule has 0 spiro atoms. The summed E-state index contributed by atoms with van der Waals surface area (Å²) in [5.74, 6) is 0.716. The van der Waals surface area contributed by atoms with Crippen LogP contribution < -0.4 is 15.7 Å². The van der Waals surface area contributed by atoms with Gasteiger partial charge in [0.15, 0.2) is 0 Å². The molecular weight excluding hydrogens is 436 g/mol. The first kappa shape index (κ1) is 25.3. The lowest BCUT2D eigenvalue weighted by atomic mass is 9.97. The number of carbonyl (C=O) groups excluding carboxylic acids is 1. The maximum absolute atomic E-state index is 12.9. The summed E-state index contributed by atoms with van der Waals surface area (Å²) in [6.45, 7) is 10.5. The molecule has 1 aliphatic carbocycles. The van der Waals surface area contributed by atoms with Crippen LogP contribution in [0.25, 0.3) is 0 Å². The Kier molecular flexibility index (Phi) is 9.81. The maximum atomic E-state index is 12.9. The summed E-state index contributed by atoms with van der Waals surface area (Å²) in [5, 5.41) is 3.63. The van der Waals surface area contributed by atoms with Crippen LogP contribution in [0.4, 0.5) is 5.69 Å². The number of nitrogens with zero attached hydrogens (tertiary/aromatic N) is 3. The molecule has 1 aromatic carbocycles. The van der Waals surface area contributed by atoms with E-state index in [0.717, 1.165) is 63.0 Å². The number of amides is 1. The highest BCUT2D eigenvalue weighted by Gasteiger charge is 2.21. The van der Waals surface area contributed by atoms with Gasteiger partial charge in [-0.2, -0.15) is 4.98 Å². The largest absolute Gasteiger partial charge is 0.492 e. The first-order valence-corrected chi connectivity index (χ1v) is 13.0. The number of fused-ring (bicyclic) bond motifs is 1. The number of nitrogens with one attached hydrogen (secondary N) is 1. The summed E-state index contributed by atoms with van der Waals surface area (Å²) >= 11 is 1.35. The molecule has 1 aromatic heterocycles. The van der Waals surface area contributed by atoms with Crippen molar-refractivity contribution in [2.24, 2.45) is 0 Å². The van der Waals surface area contributed by atoms with E-state index in [1.165, 1.54) is 11.8 Å². The summed E-state index contributed by atoms with van der Waals surface area (Å²) in [6.07, 6.45) is 4.93. The number of anilines is 1. The minimum Gasteiger partial charge on any atom is -0.492 e. The molecule has 0 saturated heterocycles. The van der Waals surface area contributed by atoms with Gasteiger partial charge in [-0.1, -0.05) is 37.7 Å². The predicted molar refractivity (Wildman–Crippen MR) is 135 cm³/mol. The minimum absolute atomic E-state index is 0.137. The summed E-state index contributed by atoms with van der Waals surface area (Å²) in [5.41, 5.74) is 2.73. The van der Waals surface area contributed by atoms with Crippen molar-refractivity contribution in [2.45, 2.75) is 64.4 Å². The normalized spacial score (nSPS) is 13.1. The molecule has 3 rings (SSSR count). The molecule has 1 aliphatic rings. The Balaban J connectivity index is 1.69. The second kappa shape index (κ2) is 12.8. The first-order valence-electron chi connectivity index (χ1n) is 12.1. The molecule has 1 heterocycles. The van der Waals surface area contributed by atoms with Crippen LogP contribution in [0.1, 0.15) is 51.3 Å². The topological polar surface area (TPSA) is 76.5 Å². The van der Waals surface area contributed by atoms with Crippen LogP contribution >= 0.6 is 11.8 Å². The van der Waals surface area contributed by atoms with Crippen LogP contribution in [0.2, 0.25) is 0 Å². The number of carbonyl (C=O) groups is 1. The Morgan fingerprint density at radius 2 is 1.94 bits per heavy atom. The van der Waals surface area contributed by atoms with E-state index in [9.17, 15) is 9.59 Å². The minimum atomic E-state index is -0.195. The van der Waals surface area contributed by atoms with Gasteiger partial charge >= 0.3 is 5.69 Å². The zero-order chi connectivity index (χ0) is 23.6. The molecule has 8 heteroatoms. The van der Waals surface area contributed by atoms with Gasteiger partial charge in [0.05, 0.1) is 18.0 Å². The van der Waals surface area contributed by atoms with E-state index < -0.39 is 0 Å². The highest BCUT2D eigenvalue weighted by Crippen LogP contribution is 2.29. The monoisotopic (exact) mass is 472 g/mol. The number of rotatable bonds is 12. The van der Waals surface area contributed by atoms with Crippen molar-refractivity contribution in [3.8, 4) is 5.75 Å². The van der Waals surface area contributed by atoms with Crippen molar-refractivity contribution < 1.29 is 9.53 Å². The van der Waals surface area contributed by atoms with Crippen LogP contribution in [-0.2, 0) is 24.2 Å². The Morgan fingerprint density at radius 3 is 2.70 bits per heavy atom. The molecule has 33 heavy (non-hydrogen) atoms. The molecule has 0 atom stereocenters. The molecule has 0 fully saturated rings. The lowest BCUT2D eigenvalue weighted by Crippen LogP contribution is -2.32. The third-order valence-corrected chi connectivity index (χ3v) is 7.02. The molecule has 2 aromatic rings. The number of aromatic nitrogens is 2. The van der Waals surface area contributed by atoms with E-state index in [4.69, 9.17) is 4.74 Å². The highest BCUT2D eigenvalue weighted by molar-refractivity contribution is 8.00. The summed E-state index contributed by atoms with van der Waals surface area (Å²) < 4.78 is 7.46. The predicted octanol–water partition coefficient (Wildman–Crippen LogP) is 3.98. The maximum Gasteiger partial charge on any atom is 0.348 e. The van der Waals surface area contributed by atoms with Crippen LogP contribution in [-0.4, -0.2) is 52.4 Å². The second-order valence-corrected chi connectivity index (χ2v) is 9.09. The highest BCUT2D eigenvalue weighted by atomic mass is 32.2. The molecule has 180 valence electrons. The zero-order valence-corrected chi connectivity index (χ0v) is 20.9. The Bertz CT molecular complexity index is 988. The molecule has 1 amide bonds. The van der Waals surface area contributed by atoms with Crippen LogP contribution in [0.15, 0.2) is 34.1 Å². The molecule has 0 unspecified atom stereocenters. The standard InChI is InChI=1S/C25H36N4O3S/c1-4-28(5-2)16-11-17-29-21-14-9-7-12-19(21)24(27-25(29)31)33-18-23(30)26-20-13-8-10-15-22(20)32-6-3/h8,10,13,15H,4-7,9,11-12,14,16-18H2,1-3H3,(H,26,30). The molecule has 0 bridgehead atoms. The van der Waals surface area contributed by atoms with Gasteiger partial charge in [0.2, 0.25) is 5.91 Å². The van der Waals surface area contributed by atoms with Gasteiger partial charge in [0.25, 0.3) is 0 Å². The second-order valence-electron chi connectivity index (χ2n) is 8.13. The fraction of sp³-hybridized carbons (Fsp3) is 0.560. The first-order chi connectivity index (χ1) is 16.1. The molecule has 1 N–H and O–H groups in total. The summed E-state index contributed by atoms with van der Waals surface area (Å²) in [7, 11) is 0. The number of hydrogen-bond acceptors (Lipinski definition) is 6. The average Bonchev–Trinajstić information content (AvgIpc) is 2.83. The number of benzene rings is 1.